The first-order chi connectivity index (χ1) is 17.6. The van der Waals surface area contributed by atoms with Crippen LogP contribution >= 0.6 is 11.6 Å². The molecule has 2 amide bonds. The van der Waals surface area contributed by atoms with Crippen molar-refractivity contribution < 1.29 is 23.5 Å². The highest BCUT2D eigenvalue weighted by Crippen LogP contribution is 2.60. The number of likely N-dealkylation sites (tertiary alicyclic amines) is 1. The van der Waals surface area contributed by atoms with Gasteiger partial charge in [-0.05, 0) is 49.7 Å². The van der Waals surface area contributed by atoms with Gasteiger partial charge in [0.2, 0.25) is 14.3 Å². The highest BCUT2D eigenvalue weighted by molar-refractivity contribution is 6.72. The second kappa shape index (κ2) is 9.80. The first-order valence-corrected chi connectivity index (χ1v) is 16.3. The second-order valence-electron chi connectivity index (χ2n) is 11.1. The zero-order chi connectivity index (χ0) is 26.5. The summed E-state index contributed by atoms with van der Waals surface area (Å²) in [5.74, 6) is -0.893. The van der Waals surface area contributed by atoms with E-state index in [4.69, 9.17) is 16.3 Å². The van der Waals surface area contributed by atoms with Crippen LogP contribution in [-0.2, 0) is 26.5 Å². The molecule has 1 N–H and O–H groups in total. The van der Waals surface area contributed by atoms with Crippen molar-refractivity contribution >= 4 is 37.5 Å². The average molecular weight is 545 g/mol. The van der Waals surface area contributed by atoms with Gasteiger partial charge in [0, 0.05) is 28.6 Å². The molecule has 3 aliphatic rings. The number of amides is 2. The van der Waals surface area contributed by atoms with Crippen molar-refractivity contribution in [2.24, 2.45) is 5.92 Å². The van der Waals surface area contributed by atoms with Crippen LogP contribution in [0.15, 0.2) is 48.5 Å². The Kier molecular flexibility index (Phi) is 6.98. The van der Waals surface area contributed by atoms with Gasteiger partial charge in [-0.3, -0.25) is 9.59 Å². The second-order valence-corrected chi connectivity index (χ2v) is 15.3. The van der Waals surface area contributed by atoms with Crippen molar-refractivity contribution in [3.05, 3.63) is 64.7 Å². The molecule has 198 valence electrons. The minimum absolute atomic E-state index is 0.0184. The van der Waals surface area contributed by atoms with Gasteiger partial charge in [0.25, 0.3) is 5.91 Å². The lowest BCUT2D eigenvalue weighted by atomic mass is 9.82. The summed E-state index contributed by atoms with van der Waals surface area (Å²) in [7, 11) is -3.38. The summed E-state index contributed by atoms with van der Waals surface area (Å²) in [5.41, 5.74) is 0.323. The Hall–Kier alpha value is -2.26. The van der Waals surface area contributed by atoms with Gasteiger partial charge < -0.3 is 23.8 Å². The van der Waals surface area contributed by atoms with Gasteiger partial charge in [-0.1, -0.05) is 48.9 Å². The fourth-order valence-electron chi connectivity index (χ4n) is 6.79. The van der Waals surface area contributed by atoms with Crippen molar-refractivity contribution in [3.63, 3.8) is 0 Å². The van der Waals surface area contributed by atoms with Crippen LogP contribution in [0.25, 0.3) is 0 Å². The van der Waals surface area contributed by atoms with E-state index >= 15 is 4.11 Å². The Labute approximate surface area is 223 Å². The summed E-state index contributed by atoms with van der Waals surface area (Å²) in [5, 5.41) is 10.2. The van der Waals surface area contributed by atoms with Crippen LogP contribution in [0.5, 0.6) is 0 Å². The van der Waals surface area contributed by atoms with E-state index in [1.807, 2.05) is 43.3 Å². The quantitative estimate of drug-likeness (QED) is 0.409. The van der Waals surface area contributed by atoms with Crippen molar-refractivity contribution in [1.29, 1.82) is 0 Å². The highest BCUT2D eigenvalue weighted by Gasteiger charge is 2.67. The Balaban J connectivity index is 1.54. The summed E-state index contributed by atoms with van der Waals surface area (Å²) in [6.07, 6.45) is 0.811. The van der Waals surface area contributed by atoms with Crippen molar-refractivity contribution in [3.8, 4) is 0 Å². The number of hydrogen-bond donors (Lipinski definition) is 1. The molecule has 3 aliphatic heterocycles. The van der Waals surface area contributed by atoms with E-state index in [2.05, 4.69) is 0 Å². The normalized spacial score (nSPS) is 29.4. The van der Waals surface area contributed by atoms with Crippen molar-refractivity contribution in [2.45, 2.75) is 69.1 Å². The third-order valence-corrected chi connectivity index (χ3v) is 11.1. The smallest absolute Gasteiger partial charge is 0.264 e. The molecular formula is C28H34ClFN2O4Si. The van der Waals surface area contributed by atoms with Crippen LogP contribution in [0.3, 0.4) is 0 Å². The number of rotatable bonds is 6. The van der Waals surface area contributed by atoms with Gasteiger partial charge in [-0.2, -0.15) is 0 Å². The lowest BCUT2D eigenvalue weighted by Crippen LogP contribution is -2.45. The van der Waals surface area contributed by atoms with Crippen molar-refractivity contribution in [1.82, 2.24) is 4.90 Å². The monoisotopic (exact) mass is 544 g/mol. The molecule has 0 unspecified atom stereocenters. The van der Waals surface area contributed by atoms with E-state index in [1.54, 1.807) is 35.0 Å². The minimum Gasteiger partial charge on any atom is -0.394 e. The standard InChI is InChI=1S/C28H34ClFN2O4Si/c1-18-26(37(2,3)30)24(15-25(34)31-13-7-10-21(31)17-33)36-28(18)22-14-20(29)11-12-23(22)32(27(28)35)16-19-8-5-4-6-9-19/h4-6,8-9,11-12,14,18,21,24,26,33H,7,10,13,15-17H2,1-3H3/t18-,21+,24+,26-,28+/m1/s1. The number of aliphatic hydroxyl groups is 1. The molecule has 9 heteroatoms. The van der Waals surface area contributed by atoms with Crippen LogP contribution in [0.4, 0.5) is 9.80 Å². The van der Waals surface area contributed by atoms with Gasteiger partial charge in [-0.15, -0.1) is 0 Å². The largest absolute Gasteiger partial charge is 0.394 e. The van der Waals surface area contributed by atoms with E-state index in [1.165, 1.54) is 0 Å². The van der Waals surface area contributed by atoms with E-state index in [9.17, 15) is 14.7 Å². The fourth-order valence-corrected chi connectivity index (χ4v) is 9.45. The molecule has 0 radical (unpaired) electrons. The van der Waals surface area contributed by atoms with E-state index < -0.39 is 31.6 Å². The Bertz CT molecular complexity index is 1190. The molecule has 0 aromatic heterocycles. The zero-order valence-corrected chi connectivity index (χ0v) is 23.2. The van der Waals surface area contributed by atoms with Crippen LogP contribution in [-0.4, -0.2) is 55.5 Å². The van der Waals surface area contributed by atoms with E-state index in [-0.39, 0.29) is 30.9 Å². The number of fused-ring (bicyclic) bond motifs is 2. The number of nitrogens with zero attached hydrogens (tertiary/aromatic N) is 2. The first-order valence-electron chi connectivity index (χ1n) is 13.0. The molecule has 1 spiro atoms. The predicted molar refractivity (Wildman–Crippen MR) is 144 cm³/mol. The number of hydrogen-bond acceptors (Lipinski definition) is 4. The number of carbonyl (C=O) groups excluding carboxylic acids is 2. The summed E-state index contributed by atoms with van der Waals surface area (Å²) in [6, 6.07) is 14.8. The third-order valence-electron chi connectivity index (χ3n) is 8.39. The lowest BCUT2D eigenvalue weighted by Gasteiger charge is -2.31. The Morgan fingerprint density at radius 1 is 1.24 bits per heavy atom. The maximum atomic E-state index is 16.0. The summed E-state index contributed by atoms with van der Waals surface area (Å²) in [4.78, 5) is 31.0. The SMILES string of the molecule is C[C@@H]1[C@@H]([Si](C)(C)F)[C@H](CC(=O)N2CCC[C@H]2CO)O[C@@]12C(=O)N(Cc1ccccc1)c1ccc(Cl)cc12. The Morgan fingerprint density at radius 2 is 1.97 bits per heavy atom. The fraction of sp³-hybridized carbons (Fsp3) is 0.500. The number of aliphatic hydroxyl groups excluding tert-OH is 1. The number of ether oxygens (including phenoxy) is 1. The van der Waals surface area contributed by atoms with Gasteiger partial charge >= 0.3 is 0 Å². The van der Waals surface area contributed by atoms with Crippen molar-refractivity contribution in [2.75, 3.05) is 18.1 Å². The summed E-state index contributed by atoms with van der Waals surface area (Å²) >= 11 is 6.42. The van der Waals surface area contributed by atoms with E-state index in [0.29, 0.717) is 29.4 Å². The first kappa shape index (κ1) is 26.3. The van der Waals surface area contributed by atoms with E-state index in [0.717, 1.165) is 18.4 Å². The molecule has 3 heterocycles. The third kappa shape index (κ3) is 4.41. The van der Waals surface area contributed by atoms with Gasteiger partial charge in [0.05, 0.1) is 37.4 Å². The molecule has 0 saturated carbocycles. The molecule has 2 saturated heterocycles. The topological polar surface area (TPSA) is 70.1 Å². The van der Waals surface area contributed by atoms with Crippen LogP contribution in [0.2, 0.25) is 23.7 Å². The molecule has 37 heavy (non-hydrogen) atoms. The van der Waals surface area contributed by atoms with Gasteiger partial charge in [0.15, 0.2) is 5.60 Å². The molecule has 5 rings (SSSR count). The van der Waals surface area contributed by atoms with Gasteiger partial charge in [-0.25, -0.2) is 0 Å². The van der Waals surface area contributed by atoms with Crippen LogP contribution in [0.1, 0.15) is 37.3 Å². The zero-order valence-electron chi connectivity index (χ0n) is 21.5. The number of halogens is 2. The number of anilines is 1. The summed E-state index contributed by atoms with van der Waals surface area (Å²) in [6.45, 7) is 5.96. The van der Waals surface area contributed by atoms with Crippen LogP contribution in [0, 0.1) is 5.92 Å². The molecule has 6 nitrogen and oxygen atoms in total. The molecule has 5 atom stereocenters. The molecule has 0 bridgehead atoms. The maximum Gasteiger partial charge on any atom is 0.264 e. The average Bonchev–Trinajstić information content (AvgIpc) is 3.50. The minimum atomic E-state index is -3.38. The van der Waals surface area contributed by atoms with Gasteiger partial charge in [0.1, 0.15) is 0 Å². The number of benzene rings is 2. The van der Waals surface area contributed by atoms with Crippen LogP contribution < -0.4 is 4.90 Å². The molecular weight excluding hydrogens is 511 g/mol. The molecule has 2 aromatic carbocycles. The maximum absolute atomic E-state index is 16.0. The predicted octanol–water partition coefficient (Wildman–Crippen LogP) is 5.04. The molecule has 0 aliphatic carbocycles. The Morgan fingerprint density at radius 3 is 2.65 bits per heavy atom. The summed E-state index contributed by atoms with van der Waals surface area (Å²) < 4.78 is 22.6. The molecule has 2 fully saturated rings. The highest BCUT2D eigenvalue weighted by atomic mass is 35.5. The number of carbonyl (C=O) groups is 2. The lowest BCUT2D eigenvalue weighted by molar-refractivity contribution is -0.150. The molecule has 2 aromatic rings.